The Kier molecular flexibility index (Phi) is 8.19. The fraction of sp³-hybridized carbons (Fsp3) is 0.500. The average molecular weight is 287 g/mol. The van der Waals surface area contributed by atoms with E-state index >= 15 is 0 Å². The Balaban J connectivity index is 0.00000324. The second-order valence-electron chi connectivity index (χ2n) is 4.34. The van der Waals surface area contributed by atoms with Crippen LogP contribution in [0.2, 0.25) is 0 Å². The van der Waals surface area contributed by atoms with Crippen molar-refractivity contribution in [1.82, 2.24) is 4.90 Å². The normalized spacial score (nSPS) is 11.4. The summed E-state index contributed by atoms with van der Waals surface area (Å²) < 4.78 is 5.36. The van der Waals surface area contributed by atoms with Crippen LogP contribution in [0, 0.1) is 0 Å². The van der Waals surface area contributed by atoms with Crippen LogP contribution in [-0.2, 0) is 11.2 Å². The molecule has 1 atom stereocenters. The van der Waals surface area contributed by atoms with Crippen LogP contribution in [-0.4, -0.2) is 37.0 Å². The summed E-state index contributed by atoms with van der Waals surface area (Å²) in [5, 5.41) is 0. The van der Waals surface area contributed by atoms with Crippen molar-refractivity contribution in [2.75, 3.05) is 20.2 Å². The van der Waals surface area contributed by atoms with Gasteiger partial charge in [0.25, 0.3) is 0 Å². The highest BCUT2D eigenvalue weighted by atomic mass is 35.5. The van der Waals surface area contributed by atoms with E-state index in [2.05, 4.69) is 0 Å². The molecule has 4 nitrogen and oxygen atoms in total. The zero-order valence-corrected chi connectivity index (χ0v) is 12.6. The number of carbonyl (C=O) groups excluding carboxylic acids is 1. The van der Waals surface area contributed by atoms with Crippen molar-refractivity contribution in [3.63, 3.8) is 0 Å². The molecule has 1 unspecified atom stereocenters. The van der Waals surface area contributed by atoms with Crippen LogP contribution in [0.4, 0.5) is 0 Å². The lowest BCUT2D eigenvalue weighted by atomic mass is 10.1. The van der Waals surface area contributed by atoms with E-state index in [4.69, 9.17) is 10.5 Å². The number of benzene rings is 1. The molecule has 0 radical (unpaired) electrons. The number of likely N-dealkylation sites (N-methyl/N-ethyl adjacent to an activating group) is 1. The van der Waals surface area contributed by atoms with Gasteiger partial charge >= 0.3 is 0 Å². The van der Waals surface area contributed by atoms with E-state index in [0.29, 0.717) is 19.6 Å². The topological polar surface area (TPSA) is 55.6 Å². The number of rotatable bonds is 6. The number of amides is 1. The first-order valence-electron chi connectivity index (χ1n) is 6.26. The second kappa shape index (κ2) is 8.77. The lowest BCUT2D eigenvalue weighted by Gasteiger charge is -2.23. The number of carbonyl (C=O) groups is 1. The molecule has 0 aliphatic carbocycles. The Bertz CT molecular complexity index is 382. The molecule has 0 fully saturated rings. The number of hydrogen-bond donors (Lipinski definition) is 1. The summed E-state index contributed by atoms with van der Waals surface area (Å²) in [4.78, 5) is 13.7. The van der Waals surface area contributed by atoms with Crippen molar-refractivity contribution >= 4 is 18.3 Å². The monoisotopic (exact) mass is 286 g/mol. The van der Waals surface area contributed by atoms with Crippen molar-refractivity contribution < 1.29 is 9.53 Å². The molecule has 0 heterocycles. The largest absolute Gasteiger partial charge is 0.494 e. The van der Waals surface area contributed by atoms with Crippen LogP contribution in [0.15, 0.2) is 24.3 Å². The second-order valence-corrected chi connectivity index (χ2v) is 4.34. The Morgan fingerprint density at radius 2 is 1.95 bits per heavy atom. The summed E-state index contributed by atoms with van der Waals surface area (Å²) in [7, 11) is 1.79. The van der Waals surface area contributed by atoms with E-state index < -0.39 is 0 Å². The highest BCUT2D eigenvalue weighted by Gasteiger charge is 2.14. The van der Waals surface area contributed by atoms with Crippen LogP contribution in [0.3, 0.4) is 0 Å². The molecular weight excluding hydrogens is 264 g/mol. The third-order valence-electron chi connectivity index (χ3n) is 2.99. The van der Waals surface area contributed by atoms with Crippen molar-refractivity contribution in [2.45, 2.75) is 26.3 Å². The van der Waals surface area contributed by atoms with E-state index in [-0.39, 0.29) is 24.4 Å². The van der Waals surface area contributed by atoms with Crippen LogP contribution >= 0.6 is 12.4 Å². The van der Waals surface area contributed by atoms with Gasteiger partial charge in [0.15, 0.2) is 0 Å². The van der Waals surface area contributed by atoms with Crippen molar-refractivity contribution in [2.24, 2.45) is 5.73 Å². The van der Waals surface area contributed by atoms with E-state index in [0.717, 1.165) is 11.3 Å². The van der Waals surface area contributed by atoms with E-state index in [9.17, 15) is 4.79 Å². The molecule has 1 amide bonds. The van der Waals surface area contributed by atoms with E-state index in [1.54, 1.807) is 11.9 Å². The number of halogens is 1. The van der Waals surface area contributed by atoms with Gasteiger partial charge in [-0.2, -0.15) is 0 Å². The van der Waals surface area contributed by atoms with Gasteiger partial charge < -0.3 is 15.4 Å². The molecule has 0 aromatic heterocycles. The third-order valence-corrected chi connectivity index (χ3v) is 2.99. The van der Waals surface area contributed by atoms with Gasteiger partial charge in [0.1, 0.15) is 5.75 Å². The van der Waals surface area contributed by atoms with Gasteiger partial charge in [-0.3, -0.25) is 4.79 Å². The van der Waals surface area contributed by atoms with Gasteiger partial charge in [-0.1, -0.05) is 12.1 Å². The van der Waals surface area contributed by atoms with Crippen LogP contribution in [0.1, 0.15) is 19.4 Å². The summed E-state index contributed by atoms with van der Waals surface area (Å²) in [6, 6.07) is 7.69. The van der Waals surface area contributed by atoms with Gasteiger partial charge in [0.05, 0.1) is 13.0 Å². The number of nitrogens with zero attached hydrogens (tertiary/aromatic N) is 1. The predicted octanol–water partition coefficient (Wildman–Crippen LogP) is 1.86. The quantitative estimate of drug-likeness (QED) is 0.868. The highest BCUT2D eigenvalue weighted by molar-refractivity contribution is 5.85. The van der Waals surface area contributed by atoms with Gasteiger partial charge in [0.2, 0.25) is 5.91 Å². The molecule has 2 N–H and O–H groups in total. The maximum Gasteiger partial charge on any atom is 0.227 e. The lowest BCUT2D eigenvalue weighted by Crippen LogP contribution is -2.40. The molecule has 0 saturated heterocycles. The van der Waals surface area contributed by atoms with Crippen LogP contribution in [0.5, 0.6) is 5.75 Å². The Morgan fingerprint density at radius 3 is 2.42 bits per heavy atom. The maximum absolute atomic E-state index is 12.0. The molecule has 19 heavy (non-hydrogen) atoms. The lowest BCUT2D eigenvalue weighted by molar-refractivity contribution is -0.130. The van der Waals surface area contributed by atoms with E-state index in [1.165, 1.54) is 0 Å². The number of hydrogen-bond acceptors (Lipinski definition) is 3. The van der Waals surface area contributed by atoms with Gasteiger partial charge in [-0.05, 0) is 31.5 Å². The van der Waals surface area contributed by atoms with Crippen LogP contribution < -0.4 is 10.5 Å². The maximum atomic E-state index is 12.0. The minimum atomic E-state index is 0. The molecule has 0 aliphatic rings. The highest BCUT2D eigenvalue weighted by Crippen LogP contribution is 2.13. The molecule has 0 saturated carbocycles. The van der Waals surface area contributed by atoms with Crippen molar-refractivity contribution in [1.29, 1.82) is 0 Å². The average Bonchev–Trinajstić information content (AvgIpc) is 2.39. The van der Waals surface area contributed by atoms with Gasteiger partial charge in [-0.25, -0.2) is 0 Å². The molecule has 5 heteroatoms. The fourth-order valence-electron chi connectivity index (χ4n) is 1.57. The summed E-state index contributed by atoms with van der Waals surface area (Å²) >= 11 is 0. The van der Waals surface area contributed by atoms with Crippen molar-refractivity contribution in [3.05, 3.63) is 29.8 Å². The first-order chi connectivity index (χ1) is 8.58. The summed E-state index contributed by atoms with van der Waals surface area (Å²) in [5.74, 6) is 0.912. The summed E-state index contributed by atoms with van der Waals surface area (Å²) in [6.45, 7) is 5.01. The molecule has 1 aromatic rings. The minimum absolute atomic E-state index is 0. The van der Waals surface area contributed by atoms with E-state index in [1.807, 2.05) is 38.1 Å². The molecule has 108 valence electrons. The first-order valence-corrected chi connectivity index (χ1v) is 6.26. The SMILES string of the molecule is CCOc1ccc(CC(=O)N(C)C(C)CN)cc1.Cl. The fourth-order valence-corrected chi connectivity index (χ4v) is 1.57. The third kappa shape index (κ3) is 5.49. The molecule has 1 rings (SSSR count). The number of ether oxygens (including phenoxy) is 1. The minimum Gasteiger partial charge on any atom is -0.494 e. The molecule has 0 spiro atoms. The summed E-state index contributed by atoms with van der Waals surface area (Å²) in [5.41, 5.74) is 6.53. The standard InChI is InChI=1S/C14H22N2O2.ClH/c1-4-18-13-7-5-12(6-8-13)9-14(17)16(3)11(2)10-15;/h5-8,11H,4,9-10,15H2,1-3H3;1H. The zero-order chi connectivity index (χ0) is 13.5. The smallest absolute Gasteiger partial charge is 0.227 e. The van der Waals surface area contributed by atoms with Gasteiger partial charge in [0, 0.05) is 19.6 Å². The molecular formula is C14H23ClN2O2. The summed E-state index contributed by atoms with van der Waals surface area (Å²) in [6.07, 6.45) is 0.396. The Morgan fingerprint density at radius 1 is 1.37 bits per heavy atom. The Labute approximate surface area is 121 Å². The predicted molar refractivity (Wildman–Crippen MR) is 79.8 cm³/mol. The van der Waals surface area contributed by atoms with Crippen molar-refractivity contribution in [3.8, 4) is 5.75 Å². The van der Waals surface area contributed by atoms with Crippen LogP contribution in [0.25, 0.3) is 0 Å². The van der Waals surface area contributed by atoms with Gasteiger partial charge in [-0.15, -0.1) is 12.4 Å². The molecule has 1 aromatic carbocycles. The zero-order valence-electron chi connectivity index (χ0n) is 11.8. The number of nitrogens with two attached hydrogens (primary N) is 1. The first kappa shape index (κ1) is 17.7. The molecule has 0 aliphatic heterocycles. The Hall–Kier alpha value is -1.26. The molecule has 0 bridgehead atoms.